The van der Waals surface area contributed by atoms with E-state index in [1.165, 1.54) is 17.5 Å². The van der Waals surface area contributed by atoms with E-state index in [0.717, 1.165) is 0 Å². The fourth-order valence-electron chi connectivity index (χ4n) is 1.68. The maximum atomic E-state index is 12.0. The standard InChI is InChI=1S/C13H14N4O3S/c1-2-3-8(13(19)20)16-11(18)10-7-21-12(17-10)9-6-14-4-5-15-9/h4-8H,2-3H2,1H3,(H,16,18)(H,19,20). The average molecular weight is 306 g/mol. The fourth-order valence-corrected chi connectivity index (χ4v) is 2.44. The van der Waals surface area contributed by atoms with Crippen molar-refractivity contribution < 1.29 is 14.7 Å². The Morgan fingerprint density at radius 2 is 2.24 bits per heavy atom. The van der Waals surface area contributed by atoms with Gasteiger partial charge in [0.1, 0.15) is 22.4 Å². The molecule has 7 nitrogen and oxygen atoms in total. The molecule has 1 unspecified atom stereocenters. The van der Waals surface area contributed by atoms with Gasteiger partial charge in [0.05, 0.1) is 6.20 Å². The lowest BCUT2D eigenvalue weighted by molar-refractivity contribution is -0.139. The summed E-state index contributed by atoms with van der Waals surface area (Å²) in [5.74, 6) is -1.54. The fraction of sp³-hybridized carbons (Fsp3) is 0.308. The van der Waals surface area contributed by atoms with Gasteiger partial charge in [-0.05, 0) is 6.42 Å². The van der Waals surface area contributed by atoms with Gasteiger partial charge < -0.3 is 10.4 Å². The molecular weight excluding hydrogens is 292 g/mol. The molecule has 1 amide bonds. The van der Waals surface area contributed by atoms with Crippen LogP contribution in [-0.4, -0.2) is 38.0 Å². The van der Waals surface area contributed by atoms with E-state index in [0.29, 0.717) is 23.5 Å². The van der Waals surface area contributed by atoms with Crippen LogP contribution >= 0.6 is 11.3 Å². The molecule has 2 aromatic rings. The van der Waals surface area contributed by atoms with Crippen LogP contribution < -0.4 is 5.32 Å². The Labute approximate surface area is 125 Å². The largest absolute Gasteiger partial charge is 0.480 e. The number of nitrogens with one attached hydrogen (secondary N) is 1. The summed E-state index contributed by atoms with van der Waals surface area (Å²) in [5, 5.41) is 13.6. The van der Waals surface area contributed by atoms with E-state index in [1.54, 1.807) is 17.8 Å². The topological polar surface area (TPSA) is 105 Å². The second-order valence-electron chi connectivity index (χ2n) is 4.28. The highest BCUT2D eigenvalue weighted by Crippen LogP contribution is 2.20. The first-order valence-corrected chi connectivity index (χ1v) is 7.25. The molecule has 2 aromatic heterocycles. The van der Waals surface area contributed by atoms with Gasteiger partial charge in [-0.2, -0.15) is 0 Å². The van der Waals surface area contributed by atoms with Gasteiger partial charge in [0.15, 0.2) is 0 Å². The van der Waals surface area contributed by atoms with Gasteiger partial charge in [-0.15, -0.1) is 11.3 Å². The lowest BCUT2D eigenvalue weighted by Crippen LogP contribution is -2.40. The maximum absolute atomic E-state index is 12.0. The predicted octanol–water partition coefficient (Wildman–Crippen LogP) is 1.58. The van der Waals surface area contributed by atoms with Crippen LogP contribution in [0.15, 0.2) is 24.0 Å². The summed E-state index contributed by atoms with van der Waals surface area (Å²) >= 11 is 1.26. The van der Waals surface area contributed by atoms with Gasteiger partial charge >= 0.3 is 5.97 Å². The molecule has 0 aliphatic carbocycles. The number of carboxylic acid groups (broad SMARTS) is 1. The molecule has 0 bridgehead atoms. The van der Waals surface area contributed by atoms with Gasteiger partial charge in [0, 0.05) is 17.8 Å². The second-order valence-corrected chi connectivity index (χ2v) is 5.14. The minimum absolute atomic E-state index is 0.183. The number of aromatic nitrogens is 3. The quantitative estimate of drug-likeness (QED) is 0.839. The van der Waals surface area contributed by atoms with Gasteiger partial charge in [-0.3, -0.25) is 14.8 Å². The Balaban J connectivity index is 2.10. The number of carboxylic acids is 1. The van der Waals surface area contributed by atoms with Crippen LogP contribution in [0, 0.1) is 0 Å². The summed E-state index contributed by atoms with van der Waals surface area (Å²) in [4.78, 5) is 35.2. The Hall–Kier alpha value is -2.35. The van der Waals surface area contributed by atoms with Crippen molar-refractivity contribution in [2.24, 2.45) is 0 Å². The van der Waals surface area contributed by atoms with Crippen LogP contribution in [0.5, 0.6) is 0 Å². The van der Waals surface area contributed by atoms with Gasteiger partial charge in [-0.1, -0.05) is 13.3 Å². The predicted molar refractivity (Wildman–Crippen MR) is 76.9 cm³/mol. The van der Waals surface area contributed by atoms with Crippen LogP contribution in [0.1, 0.15) is 30.3 Å². The molecule has 21 heavy (non-hydrogen) atoms. The Bertz CT molecular complexity index is 629. The smallest absolute Gasteiger partial charge is 0.326 e. The summed E-state index contributed by atoms with van der Waals surface area (Å²) < 4.78 is 0. The van der Waals surface area contributed by atoms with Gasteiger partial charge in [-0.25, -0.2) is 9.78 Å². The molecule has 0 spiro atoms. The number of carbonyl (C=O) groups excluding carboxylic acids is 1. The Morgan fingerprint density at radius 3 is 2.86 bits per heavy atom. The lowest BCUT2D eigenvalue weighted by atomic mass is 10.1. The van der Waals surface area contributed by atoms with E-state index in [4.69, 9.17) is 5.11 Å². The van der Waals surface area contributed by atoms with E-state index in [2.05, 4.69) is 20.3 Å². The Morgan fingerprint density at radius 1 is 1.43 bits per heavy atom. The number of amides is 1. The third kappa shape index (κ3) is 3.82. The zero-order valence-electron chi connectivity index (χ0n) is 11.3. The van der Waals surface area contributed by atoms with Crippen molar-refractivity contribution in [2.75, 3.05) is 0 Å². The molecule has 2 heterocycles. The van der Waals surface area contributed by atoms with Crippen molar-refractivity contribution in [1.29, 1.82) is 0 Å². The highest BCUT2D eigenvalue weighted by atomic mass is 32.1. The minimum atomic E-state index is -1.05. The first-order chi connectivity index (χ1) is 10.1. The number of nitrogens with zero attached hydrogens (tertiary/aromatic N) is 3. The molecule has 0 aliphatic heterocycles. The van der Waals surface area contributed by atoms with Crippen LogP contribution in [0.4, 0.5) is 0 Å². The Kier molecular flexibility index (Phi) is 4.94. The lowest BCUT2D eigenvalue weighted by Gasteiger charge is -2.12. The van der Waals surface area contributed by atoms with Gasteiger partial charge in [0.2, 0.25) is 0 Å². The zero-order chi connectivity index (χ0) is 15.2. The summed E-state index contributed by atoms with van der Waals surface area (Å²) in [7, 11) is 0. The first kappa shape index (κ1) is 15.0. The first-order valence-electron chi connectivity index (χ1n) is 6.37. The monoisotopic (exact) mass is 306 g/mol. The van der Waals surface area contributed by atoms with E-state index in [1.807, 2.05) is 6.92 Å². The third-order valence-electron chi connectivity index (χ3n) is 2.70. The maximum Gasteiger partial charge on any atom is 0.326 e. The van der Waals surface area contributed by atoms with Crippen LogP contribution in [-0.2, 0) is 4.79 Å². The average Bonchev–Trinajstić information content (AvgIpc) is 2.97. The number of rotatable bonds is 6. The number of aliphatic carboxylic acids is 1. The van der Waals surface area contributed by atoms with Crippen LogP contribution in [0.25, 0.3) is 10.7 Å². The van der Waals surface area contributed by atoms with Crippen molar-refractivity contribution in [3.63, 3.8) is 0 Å². The molecule has 0 radical (unpaired) electrons. The molecule has 0 aliphatic rings. The zero-order valence-corrected chi connectivity index (χ0v) is 12.1. The highest BCUT2D eigenvalue weighted by Gasteiger charge is 2.21. The number of thiazole rings is 1. The number of hydrogen-bond acceptors (Lipinski definition) is 6. The summed E-state index contributed by atoms with van der Waals surface area (Å²) in [5.41, 5.74) is 0.757. The molecule has 0 saturated carbocycles. The van der Waals surface area contributed by atoms with Crippen LogP contribution in [0.3, 0.4) is 0 Å². The van der Waals surface area contributed by atoms with E-state index in [-0.39, 0.29) is 5.69 Å². The highest BCUT2D eigenvalue weighted by molar-refractivity contribution is 7.13. The molecule has 1 atom stereocenters. The molecule has 0 fully saturated rings. The molecule has 0 aromatic carbocycles. The second kappa shape index (κ2) is 6.89. The number of carbonyl (C=O) groups is 2. The van der Waals surface area contributed by atoms with E-state index in [9.17, 15) is 9.59 Å². The van der Waals surface area contributed by atoms with Crippen molar-refractivity contribution >= 4 is 23.2 Å². The van der Waals surface area contributed by atoms with Crippen molar-refractivity contribution in [2.45, 2.75) is 25.8 Å². The van der Waals surface area contributed by atoms with Crippen molar-refractivity contribution in [3.8, 4) is 10.7 Å². The number of hydrogen-bond donors (Lipinski definition) is 2. The van der Waals surface area contributed by atoms with Crippen molar-refractivity contribution in [3.05, 3.63) is 29.7 Å². The molecule has 0 saturated heterocycles. The molecular formula is C13H14N4O3S. The normalized spacial score (nSPS) is 11.9. The minimum Gasteiger partial charge on any atom is -0.480 e. The SMILES string of the molecule is CCCC(NC(=O)c1csc(-c2cnccn2)n1)C(=O)O. The van der Waals surface area contributed by atoms with E-state index < -0.39 is 17.9 Å². The van der Waals surface area contributed by atoms with Crippen molar-refractivity contribution in [1.82, 2.24) is 20.3 Å². The molecule has 2 rings (SSSR count). The molecule has 2 N–H and O–H groups in total. The molecule has 110 valence electrons. The summed E-state index contributed by atoms with van der Waals surface area (Å²) in [6, 6.07) is -0.899. The third-order valence-corrected chi connectivity index (χ3v) is 3.56. The summed E-state index contributed by atoms with van der Waals surface area (Å²) in [6.07, 6.45) is 5.68. The molecule has 8 heteroatoms. The summed E-state index contributed by atoms with van der Waals surface area (Å²) in [6.45, 7) is 1.86. The van der Waals surface area contributed by atoms with E-state index >= 15 is 0 Å². The van der Waals surface area contributed by atoms with Crippen LogP contribution in [0.2, 0.25) is 0 Å². The van der Waals surface area contributed by atoms with Gasteiger partial charge in [0.25, 0.3) is 5.91 Å².